The number of halogens is 1. The second-order valence-electron chi connectivity index (χ2n) is 5.39. The average molecular weight is 315 g/mol. The molecule has 0 saturated heterocycles. The van der Waals surface area contributed by atoms with Crippen molar-refractivity contribution in [3.05, 3.63) is 71.5 Å². The maximum Gasteiger partial charge on any atom is 0.308 e. The summed E-state index contributed by atoms with van der Waals surface area (Å²) in [6.07, 6.45) is 0.0654. The fourth-order valence-corrected chi connectivity index (χ4v) is 2.31. The van der Waals surface area contributed by atoms with Gasteiger partial charge in [0.05, 0.1) is 18.4 Å². The Hall–Kier alpha value is -2.69. The number of carbonyl (C=O) groups excluding carboxylic acids is 1. The summed E-state index contributed by atoms with van der Waals surface area (Å²) in [5.74, 6) is -2.43. The van der Waals surface area contributed by atoms with Gasteiger partial charge in [-0.3, -0.25) is 9.59 Å². The van der Waals surface area contributed by atoms with E-state index in [4.69, 9.17) is 0 Å². The van der Waals surface area contributed by atoms with E-state index in [0.29, 0.717) is 5.56 Å². The third-order valence-corrected chi connectivity index (χ3v) is 3.64. The van der Waals surface area contributed by atoms with E-state index < -0.39 is 17.9 Å². The van der Waals surface area contributed by atoms with Crippen LogP contribution in [0.2, 0.25) is 0 Å². The van der Waals surface area contributed by atoms with E-state index in [1.54, 1.807) is 31.2 Å². The second-order valence-corrected chi connectivity index (χ2v) is 5.39. The zero-order valence-electron chi connectivity index (χ0n) is 12.7. The summed E-state index contributed by atoms with van der Waals surface area (Å²) < 4.78 is 12.9. The van der Waals surface area contributed by atoms with Crippen LogP contribution in [0.5, 0.6) is 0 Å². The number of aliphatic carboxylic acids is 1. The normalized spacial score (nSPS) is 13.1. The van der Waals surface area contributed by atoms with Crippen molar-refractivity contribution in [1.82, 2.24) is 5.32 Å². The van der Waals surface area contributed by atoms with Crippen LogP contribution >= 0.6 is 0 Å². The van der Waals surface area contributed by atoms with Gasteiger partial charge in [0.2, 0.25) is 5.91 Å². The SMILES string of the molecule is C[C@@H](C(=O)O)[C@H](NC(=O)Cc1ccc(F)cc1)c1ccccc1. The van der Waals surface area contributed by atoms with Crippen molar-refractivity contribution in [2.24, 2.45) is 5.92 Å². The summed E-state index contributed by atoms with van der Waals surface area (Å²) in [5.41, 5.74) is 1.40. The molecule has 2 aromatic rings. The molecule has 0 radical (unpaired) electrons. The third-order valence-electron chi connectivity index (χ3n) is 3.64. The molecule has 0 spiro atoms. The lowest BCUT2D eigenvalue weighted by Gasteiger charge is -2.23. The van der Waals surface area contributed by atoms with Gasteiger partial charge in [-0.05, 0) is 30.2 Å². The zero-order valence-corrected chi connectivity index (χ0v) is 12.7. The Kier molecular flexibility index (Phi) is 5.46. The maximum absolute atomic E-state index is 12.9. The van der Waals surface area contributed by atoms with E-state index in [1.165, 1.54) is 24.3 Å². The number of rotatable bonds is 6. The molecular formula is C18H18FNO3. The lowest BCUT2D eigenvalue weighted by molar-refractivity contribution is -0.142. The summed E-state index contributed by atoms with van der Waals surface area (Å²) in [5, 5.41) is 12.0. The van der Waals surface area contributed by atoms with Crippen LogP contribution in [0.3, 0.4) is 0 Å². The highest BCUT2D eigenvalue weighted by molar-refractivity contribution is 5.80. The molecule has 2 rings (SSSR count). The van der Waals surface area contributed by atoms with E-state index >= 15 is 0 Å². The molecule has 0 aliphatic rings. The first-order chi connectivity index (χ1) is 11.0. The van der Waals surface area contributed by atoms with Crippen LogP contribution in [0.1, 0.15) is 24.1 Å². The lowest BCUT2D eigenvalue weighted by Crippen LogP contribution is -2.36. The molecule has 0 heterocycles. The van der Waals surface area contributed by atoms with Gasteiger partial charge >= 0.3 is 5.97 Å². The molecule has 0 bridgehead atoms. The van der Waals surface area contributed by atoms with Crippen LogP contribution in [-0.2, 0) is 16.0 Å². The Morgan fingerprint density at radius 2 is 1.70 bits per heavy atom. The van der Waals surface area contributed by atoms with Crippen LogP contribution in [0.15, 0.2) is 54.6 Å². The molecule has 0 aliphatic heterocycles. The first-order valence-electron chi connectivity index (χ1n) is 7.29. The molecule has 0 unspecified atom stereocenters. The first kappa shape index (κ1) is 16.7. The number of nitrogens with one attached hydrogen (secondary N) is 1. The number of carbonyl (C=O) groups is 2. The van der Waals surface area contributed by atoms with E-state index in [9.17, 15) is 19.1 Å². The zero-order chi connectivity index (χ0) is 16.8. The molecule has 0 saturated carbocycles. The predicted octanol–water partition coefficient (Wildman–Crippen LogP) is 2.95. The average Bonchev–Trinajstić information content (AvgIpc) is 2.55. The highest BCUT2D eigenvalue weighted by Gasteiger charge is 2.26. The van der Waals surface area contributed by atoms with Crippen molar-refractivity contribution in [3.63, 3.8) is 0 Å². The molecule has 0 aromatic heterocycles. The molecule has 0 fully saturated rings. The molecular weight excluding hydrogens is 297 g/mol. The highest BCUT2D eigenvalue weighted by atomic mass is 19.1. The number of hydrogen-bond donors (Lipinski definition) is 2. The summed E-state index contributed by atoms with van der Waals surface area (Å²) in [4.78, 5) is 23.5. The van der Waals surface area contributed by atoms with Crippen LogP contribution in [0, 0.1) is 11.7 Å². The van der Waals surface area contributed by atoms with Crippen LogP contribution in [-0.4, -0.2) is 17.0 Å². The summed E-state index contributed by atoms with van der Waals surface area (Å²) in [6, 6.07) is 14.0. The van der Waals surface area contributed by atoms with E-state index in [1.807, 2.05) is 6.07 Å². The van der Waals surface area contributed by atoms with Crippen molar-refractivity contribution < 1.29 is 19.1 Å². The summed E-state index contributed by atoms with van der Waals surface area (Å²) >= 11 is 0. The smallest absolute Gasteiger partial charge is 0.308 e. The first-order valence-corrected chi connectivity index (χ1v) is 7.29. The minimum Gasteiger partial charge on any atom is -0.481 e. The van der Waals surface area contributed by atoms with Crippen molar-refractivity contribution in [1.29, 1.82) is 0 Å². The Morgan fingerprint density at radius 1 is 1.09 bits per heavy atom. The molecule has 0 aliphatic carbocycles. The van der Waals surface area contributed by atoms with Gasteiger partial charge in [0.25, 0.3) is 0 Å². The largest absolute Gasteiger partial charge is 0.481 e. The van der Waals surface area contributed by atoms with E-state index in [2.05, 4.69) is 5.32 Å². The maximum atomic E-state index is 12.9. The second kappa shape index (κ2) is 7.54. The van der Waals surface area contributed by atoms with Crippen molar-refractivity contribution in [2.75, 3.05) is 0 Å². The highest BCUT2D eigenvalue weighted by Crippen LogP contribution is 2.22. The number of benzene rings is 2. The Morgan fingerprint density at radius 3 is 2.26 bits per heavy atom. The Labute approximate surface area is 134 Å². The molecule has 1 amide bonds. The molecule has 120 valence electrons. The molecule has 23 heavy (non-hydrogen) atoms. The third kappa shape index (κ3) is 4.64. The van der Waals surface area contributed by atoms with E-state index in [-0.39, 0.29) is 18.1 Å². The standard InChI is InChI=1S/C18H18FNO3/c1-12(18(22)23)17(14-5-3-2-4-6-14)20-16(21)11-13-7-9-15(19)10-8-13/h2-10,12,17H,11H2,1H3,(H,20,21)(H,22,23)/t12-,17+/m1/s1. The fourth-order valence-electron chi connectivity index (χ4n) is 2.31. The van der Waals surface area contributed by atoms with Crippen LogP contribution < -0.4 is 5.32 Å². The van der Waals surface area contributed by atoms with Gasteiger partial charge in [0.1, 0.15) is 5.82 Å². The Balaban J connectivity index is 2.12. The predicted molar refractivity (Wildman–Crippen MR) is 84.2 cm³/mol. The van der Waals surface area contributed by atoms with Gasteiger partial charge in [-0.25, -0.2) is 4.39 Å². The molecule has 2 atom stereocenters. The van der Waals surface area contributed by atoms with E-state index in [0.717, 1.165) is 5.56 Å². The van der Waals surface area contributed by atoms with Gasteiger partial charge in [-0.1, -0.05) is 42.5 Å². The van der Waals surface area contributed by atoms with Gasteiger partial charge in [-0.2, -0.15) is 0 Å². The van der Waals surface area contributed by atoms with Gasteiger partial charge in [0, 0.05) is 0 Å². The van der Waals surface area contributed by atoms with Crippen LogP contribution in [0.25, 0.3) is 0 Å². The minimum absolute atomic E-state index is 0.0654. The number of carboxylic acids is 1. The van der Waals surface area contributed by atoms with Gasteiger partial charge in [0.15, 0.2) is 0 Å². The summed E-state index contributed by atoms with van der Waals surface area (Å²) in [7, 11) is 0. The quantitative estimate of drug-likeness (QED) is 0.861. The fraction of sp³-hybridized carbons (Fsp3) is 0.222. The molecule has 5 heteroatoms. The van der Waals surface area contributed by atoms with Crippen LogP contribution in [0.4, 0.5) is 4.39 Å². The topological polar surface area (TPSA) is 66.4 Å². The molecule has 4 nitrogen and oxygen atoms in total. The molecule has 2 N–H and O–H groups in total. The number of carboxylic acid groups (broad SMARTS) is 1. The monoisotopic (exact) mass is 315 g/mol. The minimum atomic E-state index is -0.985. The number of amides is 1. The molecule has 2 aromatic carbocycles. The summed E-state index contributed by atoms with van der Waals surface area (Å²) in [6.45, 7) is 1.55. The lowest BCUT2D eigenvalue weighted by atomic mass is 9.94. The van der Waals surface area contributed by atoms with Crippen molar-refractivity contribution in [3.8, 4) is 0 Å². The van der Waals surface area contributed by atoms with Gasteiger partial charge in [-0.15, -0.1) is 0 Å². The van der Waals surface area contributed by atoms with Crippen molar-refractivity contribution in [2.45, 2.75) is 19.4 Å². The number of hydrogen-bond acceptors (Lipinski definition) is 2. The Bertz CT molecular complexity index is 670. The van der Waals surface area contributed by atoms with Crippen molar-refractivity contribution >= 4 is 11.9 Å². The van der Waals surface area contributed by atoms with Gasteiger partial charge < -0.3 is 10.4 Å².